The molecule has 2 heterocycles. The number of cyclic esters (lactones) is 1. The lowest BCUT2D eigenvalue weighted by atomic mass is 9.88. The first-order valence-corrected chi connectivity index (χ1v) is 11.3. The second-order valence-electron chi connectivity index (χ2n) is 8.80. The highest BCUT2D eigenvalue weighted by Gasteiger charge is 2.34. The van der Waals surface area contributed by atoms with Crippen molar-refractivity contribution in [2.24, 2.45) is 5.92 Å². The number of carbonyl (C=O) groups excluding carboxylic acids is 2. The number of nitrogens with zero attached hydrogens (tertiary/aromatic N) is 1. The normalized spacial score (nSPS) is 30.7. The number of aliphatic hydroxyl groups excluding tert-OH is 1. The lowest BCUT2D eigenvalue weighted by molar-refractivity contribution is -0.157. The fraction of sp³-hybridized carbons (Fsp3) is 0.500. The van der Waals surface area contributed by atoms with Crippen LogP contribution in [0.3, 0.4) is 0 Å². The summed E-state index contributed by atoms with van der Waals surface area (Å²) in [4.78, 5) is 28.3. The summed E-state index contributed by atoms with van der Waals surface area (Å²) in [5.41, 5.74) is 0.381. The maximum absolute atomic E-state index is 12.5. The van der Waals surface area contributed by atoms with Crippen LogP contribution < -0.4 is 0 Å². The molecule has 0 bridgehead atoms. The maximum Gasteiger partial charge on any atom is 0.309 e. The molecule has 0 spiro atoms. The summed E-state index contributed by atoms with van der Waals surface area (Å²) in [7, 11) is 0. The molecule has 0 aromatic carbocycles. The van der Waals surface area contributed by atoms with Crippen molar-refractivity contribution in [2.75, 3.05) is 0 Å². The van der Waals surface area contributed by atoms with Crippen LogP contribution >= 0.6 is 0 Å². The van der Waals surface area contributed by atoms with E-state index in [2.05, 4.69) is 4.98 Å². The third kappa shape index (κ3) is 8.94. The molecule has 1 aromatic heterocycles. The molecule has 1 aliphatic heterocycles. The molecule has 0 aliphatic carbocycles. The number of rotatable bonds is 5. The van der Waals surface area contributed by atoms with E-state index in [0.29, 0.717) is 6.42 Å². The van der Waals surface area contributed by atoms with Crippen LogP contribution in [-0.2, 0) is 25.5 Å². The quantitative estimate of drug-likeness (QED) is 0.396. The Bertz CT molecular complexity index is 874. The van der Waals surface area contributed by atoms with E-state index in [1.54, 1.807) is 25.3 Å². The lowest BCUT2D eigenvalue weighted by Gasteiger charge is -2.32. The van der Waals surface area contributed by atoms with Gasteiger partial charge in [-0.15, -0.1) is 0 Å². The van der Waals surface area contributed by atoms with Crippen LogP contribution in [0.2, 0.25) is 0 Å². The summed E-state index contributed by atoms with van der Waals surface area (Å²) < 4.78 is 11.1. The van der Waals surface area contributed by atoms with Gasteiger partial charge >= 0.3 is 11.9 Å². The molecule has 0 amide bonds. The number of aliphatic hydroxyl groups is 2. The molecule has 0 saturated carbocycles. The number of ether oxygens (including phenoxy) is 2. The molecule has 33 heavy (non-hydrogen) atoms. The fourth-order valence-electron chi connectivity index (χ4n) is 3.65. The van der Waals surface area contributed by atoms with E-state index in [1.165, 1.54) is 6.92 Å². The molecule has 0 fully saturated rings. The molecule has 0 unspecified atom stereocenters. The smallest absolute Gasteiger partial charge is 0.309 e. The van der Waals surface area contributed by atoms with Gasteiger partial charge in [0.2, 0.25) is 0 Å². The number of hydrogen-bond donors (Lipinski definition) is 2. The number of pyridine rings is 1. The van der Waals surface area contributed by atoms with Gasteiger partial charge in [0.25, 0.3) is 0 Å². The molecule has 0 saturated heterocycles. The minimum Gasteiger partial charge on any atom is -0.457 e. The van der Waals surface area contributed by atoms with E-state index < -0.39 is 35.9 Å². The van der Waals surface area contributed by atoms with Crippen molar-refractivity contribution in [3.05, 3.63) is 66.0 Å². The Balaban J connectivity index is 2.25. The Morgan fingerprint density at radius 3 is 2.76 bits per heavy atom. The molecule has 1 aliphatic rings. The van der Waals surface area contributed by atoms with E-state index in [-0.39, 0.29) is 25.2 Å². The van der Waals surface area contributed by atoms with Crippen LogP contribution in [0.15, 0.2) is 60.3 Å². The number of allylic oxidation sites excluding steroid dienone is 3. The Morgan fingerprint density at radius 1 is 1.33 bits per heavy atom. The fourth-order valence-corrected chi connectivity index (χ4v) is 3.65. The molecule has 2 rings (SSSR count). The highest BCUT2D eigenvalue weighted by Crippen LogP contribution is 2.26. The lowest BCUT2D eigenvalue weighted by Crippen LogP contribution is -2.42. The summed E-state index contributed by atoms with van der Waals surface area (Å²) in [6.07, 6.45) is 9.30. The summed E-state index contributed by atoms with van der Waals surface area (Å²) in [6, 6.07) is 5.75. The van der Waals surface area contributed by atoms with E-state index in [4.69, 9.17) is 9.47 Å². The van der Waals surface area contributed by atoms with E-state index in [9.17, 15) is 19.8 Å². The summed E-state index contributed by atoms with van der Waals surface area (Å²) in [5, 5.41) is 21.1. The molecule has 5 atom stereocenters. The highest BCUT2D eigenvalue weighted by atomic mass is 16.6. The first-order valence-electron chi connectivity index (χ1n) is 11.3. The van der Waals surface area contributed by atoms with Gasteiger partial charge in [0.15, 0.2) is 0 Å². The largest absolute Gasteiger partial charge is 0.457 e. The first kappa shape index (κ1) is 26.5. The number of carbonyl (C=O) groups is 2. The molecule has 7 nitrogen and oxygen atoms in total. The zero-order valence-corrected chi connectivity index (χ0v) is 19.8. The number of aromatic nitrogens is 1. The van der Waals surface area contributed by atoms with Crippen LogP contribution in [-0.4, -0.2) is 51.0 Å². The maximum atomic E-state index is 12.5. The second-order valence-corrected chi connectivity index (χ2v) is 8.80. The average Bonchev–Trinajstić information content (AvgIpc) is 2.76. The van der Waals surface area contributed by atoms with Crippen molar-refractivity contribution >= 4 is 11.9 Å². The minimum atomic E-state index is -1.39. The van der Waals surface area contributed by atoms with E-state index in [0.717, 1.165) is 11.3 Å². The molecule has 180 valence electrons. The minimum absolute atomic E-state index is 0.154. The van der Waals surface area contributed by atoms with Gasteiger partial charge in [-0.1, -0.05) is 37.3 Å². The monoisotopic (exact) mass is 457 g/mol. The zero-order valence-electron chi connectivity index (χ0n) is 19.8. The summed E-state index contributed by atoms with van der Waals surface area (Å²) >= 11 is 0. The van der Waals surface area contributed by atoms with Gasteiger partial charge in [-0.2, -0.15) is 0 Å². The van der Waals surface area contributed by atoms with Crippen molar-refractivity contribution < 1.29 is 29.3 Å². The molecule has 2 N–H and O–H groups in total. The van der Waals surface area contributed by atoms with Gasteiger partial charge < -0.3 is 19.7 Å². The van der Waals surface area contributed by atoms with Crippen molar-refractivity contribution in [3.8, 4) is 0 Å². The van der Waals surface area contributed by atoms with Crippen molar-refractivity contribution in [2.45, 2.75) is 77.3 Å². The third-order valence-corrected chi connectivity index (χ3v) is 5.61. The summed E-state index contributed by atoms with van der Waals surface area (Å²) in [5.74, 6) is -1.28. The highest BCUT2D eigenvalue weighted by molar-refractivity contribution is 5.70. The van der Waals surface area contributed by atoms with Gasteiger partial charge in [0.05, 0.1) is 12.5 Å². The number of hydrogen-bond acceptors (Lipinski definition) is 7. The Kier molecular flexibility index (Phi) is 10.0. The zero-order chi connectivity index (χ0) is 24.4. The van der Waals surface area contributed by atoms with Crippen molar-refractivity contribution in [1.29, 1.82) is 0 Å². The van der Waals surface area contributed by atoms with Gasteiger partial charge in [-0.05, 0) is 50.5 Å². The molecule has 0 radical (unpaired) electrons. The van der Waals surface area contributed by atoms with Crippen LogP contribution in [0.1, 0.15) is 52.7 Å². The molecular formula is C26H35NO6. The first-order chi connectivity index (χ1) is 15.6. The van der Waals surface area contributed by atoms with Crippen LogP contribution in [0.4, 0.5) is 0 Å². The standard InChI is InChI=1S/C26H35NO6/c1-18(9-5-6-10-21-11-7-8-16-27-21)25-19(2)12-13-23(32-20(3)28)26(4,31)15-14-22(29)17-24(30)33-25/h5-9,11-13,16,19,22-23,25,29,31H,10,14-15,17H2,1-4H3/b6-5+,13-12+,18-9+/t19-,22+,23-,25+,26+/m0/s1. The van der Waals surface area contributed by atoms with Gasteiger partial charge in [-0.25, -0.2) is 0 Å². The average molecular weight is 458 g/mol. The van der Waals surface area contributed by atoms with Crippen LogP contribution in [0.5, 0.6) is 0 Å². The Morgan fingerprint density at radius 2 is 2.09 bits per heavy atom. The van der Waals surface area contributed by atoms with Crippen molar-refractivity contribution in [3.63, 3.8) is 0 Å². The molecule has 7 heteroatoms. The topological polar surface area (TPSA) is 106 Å². The second kappa shape index (κ2) is 12.5. The number of esters is 2. The van der Waals surface area contributed by atoms with Crippen LogP contribution in [0, 0.1) is 5.92 Å². The molecule has 1 aromatic rings. The summed E-state index contributed by atoms with van der Waals surface area (Å²) in [6.45, 7) is 6.59. The predicted molar refractivity (Wildman–Crippen MR) is 125 cm³/mol. The SMILES string of the molecule is CC(=O)O[C@H]1/C=C/[C@H](C)[C@@H](/C(C)=C/C=C/Cc2ccccn2)OC(=O)C[C@H](O)CC[C@@]1(C)O. The van der Waals surface area contributed by atoms with Crippen LogP contribution in [0.25, 0.3) is 0 Å². The van der Waals surface area contributed by atoms with Gasteiger partial charge in [0, 0.05) is 31.2 Å². The molecular weight excluding hydrogens is 422 g/mol. The Labute approximate surface area is 195 Å². The van der Waals surface area contributed by atoms with Gasteiger partial charge in [0.1, 0.15) is 17.8 Å². The predicted octanol–water partition coefficient (Wildman–Crippen LogP) is 3.46. The third-order valence-electron chi connectivity index (χ3n) is 5.61. The van der Waals surface area contributed by atoms with Gasteiger partial charge in [-0.3, -0.25) is 14.6 Å². The van der Waals surface area contributed by atoms with E-state index >= 15 is 0 Å². The Hall–Kier alpha value is -2.77. The van der Waals surface area contributed by atoms with E-state index in [1.807, 2.05) is 50.3 Å². The van der Waals surface area contributed by atoms with Crippen molar-refractivity contribution in [1.82, 2.24) is 4.98 Å².